The van der Waals surface area contributed by atoms with Crippen molar-refractivity contribution in [2.45, 2.75) is 58.0 Å². The molecule has 3 aromatic carbocycles. The Morgan fingerprint density at radius 3 is 2.32 bits per heavy atom. The number of carbonyl (C=O) groups is 2. The number of amides is 2. The number of benzene rings is 3. The maximum Gasteiger partial charge on any atom is 0.243 e. The maximum absolute atomic E-state index is 13.7. The van der Waals surface area contributed by atoms with E-state index in [1.54, 1.807) is 11.0 Å². The molecule has 0 radical (unpaired) electrons. The van der Waals surface area contributed by atoms with Gasteiger partial charge in [0.25, 0.3) is 0 Å². The quantitative estimate of drug-likeness (QED) is 0.259. The Balaban J connectivity index is 1.85. The van der Waals surface area contributed by atoms with Gasteiger partial charge in [0, 0.05) is 24.8 Å². The number of hydrogen-bond donors (Lipinski definition) is 1. The normalized spacial score (nSPS) is 12.6. The Labute approximate surface area is 234 Å². The van der Waals surface area contributed by atoms with Gasteiger partial charge in [-0.1, -0.05) is 96.4 Å². The Bertz CT molecular complexity index is 1190. The third-order valence-electron chi connectivity index (χ3n) is 6.19. The van der Waals surface area contributed by atoms with Gasteiger partial charge in [0.2, 0.25) is 11.8 Å². The summed E-state index contributed by atoms with van der Waals surface area (Å²) in [6.07, 6.45) is 1.26. The zero-order chi connectivity index (χ0) is 26.8. The first-order valence-electron chi connectivity index (χ1n) is 12.5. The van der Waals surface area contributed by atoms with Crippen LogP contribution in [-0.4, -0.2) is 34.6 Å². The molecule has 0 spiro atoms. The minimum absolute atomic E-state index is 0.0192. The zero-order valence-electron chi connectivity index (χ0n) is 21.5. The molecule has 3 aromatic rings. The van der Waals surface area contributed by atoms with E-state index in [-0.39, 0.29) is 23.6 Å². The lowest BCUT2D eigenvalue weighted by Gasteiger charge is -2.32. The largest absolute Gasteiger partial charge is 0.352 e. The van der Waals surface area contributed by atoms with Crippen LogP contribution in [0.3, 0.4) is 0 Å². The summed E-state index contributed by atoms with van der Waals surface area (Å²) in [6, 6.07) is 22.8. The fraction of sp³-hybridized carbons (Fsp3) is 0.333. The summed E-state index contributed by atoms with van der Waals surface area (Å²) in [4.78, 5) is 29.0. The first-order valence-corrected chi connectivity index (χ1v) is 14.4. The lowest BCUT2D eigenvalue weighted by Crippen LogP contribution is -2.52. The second kappa shape index (κ2) is 14.5. The average Bonchev–Trinajstić information content (AvgIpc) is 2.88. The molecule has 2 amide bonds. The molecular formula is C30H34Cl2N2O2S. The molecule has 0 fully saturated rings. The number of rotatable bonds is 12. The first kappa shape index (κ1) is 29.1. The molecule has 37 heavy (non-hydrogen) atoms. The van der Waals surface area contributed by atoms with Gasteiger partial charge in [-0.05, 0) is 49.1 Å². The van der Waals surface area contributed by atoms with E-state index in [0.717, 1.165) is 28.7 Å². The van der Waals surface area contributed by atoms with Crippen LogP contribution >= 0.6 is 35.0 Å². The van der Waals surface area contributed by atoms with Crippen molar-refractivity contribution in [1.29, 1.82) is 0 Å². The molecule has 196 valence electrons. The molecule has 0 aliphatic heterocycles. The smallest absolute Gasteiger partial charge is 0.243 e. The van der Waals surface area contributed by atoms with Crippen molar-refractivity contribution < 1.29 is 9.59 Å². The van der Waals surface area contributed by atoms with Gasteiger partial charge in [0.1, 0.15) is 6.04 Å². The zero-order valence-corrected chi connectivity index (χ0v) is 23.9. The van der Waals surface area contributed by atoms with E-state index in [4.69, 9.17) is 23.2 Å². The summed E-state index contributed by atoms with van der Waals surface area (Å²) in [5.41, 5.74) is 4.12. The highest BCUT2D eigenvalue weighted by atomic mass is 35.5. The highest BCUT2D eigenvalue weighted by molar-refractivity contribution is 7.99. The summed E-state index contributed by atoms with van der Waals surface area (Å²) in [6.45, 7) is 6.41. The molecule has 7 heteroatoms. The van der Waals surface area contributed by atoms with E-state index in [1.807, 2.05) is 81.4 Å². The third-order valence-corrected chi connectivity index (χ3v) is 7.91. The number of thioether (sulfide) groups is 1. The minimum Gasteiger partial charge on any atom is -0.352 e. The summed E-state index contributed by atoms with van der Waals surface area (Å²) in [5.74, 6) is 0.651. The van der Waals surface area contributed by atoms with Gasteiger partial charge < -0.3 is 10.2 Å². The van der Waals surface area contributed by atoms with Crippen molar-refractivity contribution in [3.8, 4) is 0 Å². The Morgan fingerprint density at radius 1 is 0.919 bits per heavy atom. The fourth-order valence-electron chi connectivity index (χ4n) is 3.97. The van der Waals surface area contributed by atoms with Crippen LogP contribution in [0.2, 0.25) is 10.0 Å². The van der Waals surface area contributed by atoms with E-state index in [0.29, 0.717) is 28.8 Å². The van der Waals surface area contributed by atoms with E-state index in [2.05, 4.69) is 11.4 Å². The third kappa shape index (κ3) is 9.10. The topological polar surface area (TPSA) is 49.4 Å². The second-order valence-corrected chi connectivity index (χ2v) is 11.1. The monoisotopic (exact) mass is 556 g/mol. The van der Waals surface area contributed by atoms with Gasteiger partial charge in [-0.2, -0.15) is 0 Å². The van der Waals surface area contributed by atoms with Gasteiger partial charge in [0.05, 0.1) is 15.8 Å². The van der Waals surface area contributed by atoms with E-state index in [1.165, 1.54) is 11.8 Å². The van der Waals surface area contributed by atoms with Crippen LogP contribution in [0.15, 0.2) is 72.8 Å². The number of aryl methyl sites for hydroxylation is 1. The van der Waals surface area contributed by atoms with Gasteiger partial charge in [-0.3, -0.25) is 9.59 Å². The van der Waals surface area contributed by atoms with Crippen molar-refractivity contribution in [3.05, 3.63) is 105 Å². The molecule has 0 unspecified atom stereocenters. The van der Waals surface area contributed by atoms with E-state index < -0.39 is 6.04 Å². The molecule has 0 bridgehead atoms. The molecule has 0 saturated heterocycles. The molecule has 0 aromatic heterocycles. The summed E-state index contributed by atoms with van der Waals surface area (Å²) >= 11 is 13.7. The lowest BCUT2D eigenvalue weighted by atomic mass is 10.0. The van der Waals surface area contributed by atoms with Crippen molar-refractivity contribution >= 4 is 46.8 Å². The summed E-state index contributed by atoms with van der Waals surface area (Å²) in [5, 5.41) is 4.11. The van der Waals surface area contributed by atoms with Crippen LogP contribution in [0.1, 0.15) is 42.5 Å². The van der Waals surface area contributed by atoms with E-state index >= 15 is 0 Å². The van der Waals surface area contributed by atoms with Crippen LogP contribution in [0.4, 0.5) is 0 Å². The summed E-state index contributed by atoms with van der Waals surface area (Å²) < 4.78 is 0. The fourth-order valence-corrected chi connectivity index (χ4v) is 5.15. The molecular weight excluding hydrogens is 523 g/mol. The van der Waals surface area contributed by atoms with Crippen LogP contribution in [-0.2, 0) is 28.3 Å². The predicted molar refractivity (Wildman–Crippen MR) is 156 cm³/mol. The Hall–Kier alpha value is -2.47. The molecule has 0 saturated carbocycles. The summed E-state index contributed by atoms with van der Waals surface area (Å²) in [7, 11) is 0. The number of nitrogens with zero attached hydrogens (tertiary/aromatic N) is 1. The molecule has 3 rings (SSSR count). The van der Waals surface area contributed by atoms with Crippen molar-refractivity contribution in [2.24, 2.45) is 0 Å². The van der Waals surface area contributed by atoms with Gasteiger partial charge in [-0.25, -0.2) is 0 Å². The Kier molecular flexibility index (Phi) is 11.4. The van der Waals surface area contributed by atoms with Crippen LogP contribution in [0.25, 0.3) is 0 Å². The highest BCUT2D eigenvalue weighted by Crippen LogP contribution is 2.25. The molecule has 0 aliphatic carbocycles. The van der Waals surface area contributed by atoms with Crippen LogP contribution in [0, 0.1) is 6.92 Å². The molecule has 4 nitrogen and oxygen atoms in total. The van der Waals surface area contributed by atoms with E-state index in [9.17, 15) is 9.59 Å². The van der Waals surface area contributed by atoms with Crippen molar-refractivity contribution in [2.75, 3.05) is 5.75 Å². The SMILES string of the molecule is CC[C@@H](C)NC(=O)[C@@H](Cc1ccccc1)N(Cc1cccc(C)c1)C(=O)CSCc1ccc(Cl)c(Cl)c1. The van der Waals surface area contributed by atoms with Crippen molar-refractivity contribution in [1.82, 2.24) is 10.2 Å². The predicted octanol–water partition coefficient (Wildman–Crippen LogP) is 7.09. The van der Waals surface area contributed by atoms with Gasteiger partial charge >= 0.3 is 0 Å². The van der Waals surface area contributed by atoms with Gasteiger partial charge in [0.15, 0.2) is 0 Å². The Morgan fingerprint density at radius 2 is 1.65 bits per heavy atom. The lowest BCUT2D eigenvalue weighted by molar-refractivity contribution is -0.139. The standard InChI is InChI=1S/C30H34Cl2N2O2S/c1-4-22(3)33-30(36)28(17-23-10-6-5-7-11-23)34(18-24-12-8-9-21(2)15-24)29(35)20-37-19-25-13-14-26(31)27(32)16-25/h5-16,22,28H,4,17-20H2,1-3H3,(H,33,36)/t22-,28-/m1/s1. The van der Waals surface area contributed by atoms with Crippen LogP contribution in [0.5, 0.6) is 0 Å². The maximum atomic E-state index is 13.7. The average molecular weight is 558 g/mol. The van der Waals surface area contributed by atoms with Crippen LogP contribution < -0.4 is 5.32 Å². The molecule has 1 N–H and O–H groups in total. The second-order valence-electron chi connectivity index (χ2n) is 9.28. The van der Waals surface area contributed by atoms with Crippen molar-refractivity contribution in [3.63, 3.8) is 0 Å². The number of halogens is 2. The first-order chi connectivity index (χ1) is 17.8. The number of carbonyl (C=O) groups excluding carboxylic acids is 2. The molecule has 0 heterocycles. The minimum atomic E-state index is -0.630. The molecule has 0 aliphatic rings. The highest BCUT2D eigenvalue weighted by Gasteiger charge is 2.30. The molecule has 2 atom stereocenters. The van der Waals surface area contributed by atoms with Gasteiger partial charge in [-0.15, -0.1) is 11.8 Å². The number of nitrogens with one attached hydrogen (secondary N) is 1. The number of hydrogen-bond acceptors (Lipinski definition) is 3.